The Kier molecular flexibility index (Phi) is 3.98. The van der Waals surface area contributed by atoms with Crippen molar-refractivity contribution in [2.75, 3.05) is 5.32 Å². The molecule has 5 heteroatoms. The van der Waals surface area contributed by atoms with Gasteiger partial charge in [0.25, 0.3) is 0 Å². The summed E-state index contributed by atoms with van der Waals surface area (Å²) in [6, 6.07) is 17.0. The van der Waals surface area contributed by atoms with Crippen LogP contribution in [0.3, 0.4) is 0 Å². The molecule has 1 aliphatic heterocycles. The smallest absolute Gasteiger partial charge is 0.243 e. The van der Waals surface area contributed by atoms with Gasteiger partial charge in [-0.05, 0) is 25.0 Å². The Morgan fingerprint density at radius 3 is 2.27 bits per heavy atom. The van der Waals surface area contributed by atoms with E-state index in [1.807, 2.05) is 61.5 Å². The molecule has 1 unspecified atom stereocenters. The van der Waals surface area contributed by atoms with Crippen molar-refractivity contribution in [1.82, 2.24) is 0 Å². The molecule has 3 aromatic rings. The Balaban J connectivity index is 1.93. The van der Waals surface area contributed by atoms with Crippen LogP contribution in [0.5, 0.6) is 0 Å². The van der Waals surface area contributed by atoms with Crippen LogP contribution in [0.15, 0.2) is 54.6 Å². The molecule has 0 bridgehead atoms. The first-order valence-corrected chi connectivity index (χ1v) is 9.43. The molecule has 0 saturated carbocycles. The maximum Gasteiger partial charge on any atom is 0.243 e. The molecular formula is C21H16ClNO2S. The van der Waals surface area contributed by atoms with Crippen molar-refractivity contribution in [2.24, 2.45) is 0 Å². The lowest BCUT2D eigenvalue weighted by atomic mass is 9.73. The average molecular weight is 382 g/mol. The standard InChI is InChI=1S/C21H16ClNO2S/c1-12-8-10-13(11-9-12)15-16-17(24)21(2,14-6-4-3-5-7-14)20(25)23-19(16)26-18(15)22/h3-11H,1-2H3,(H,23,25). The molecule has 130 valence electrons. The Morgan fingerprint density at radius 1 is 0.962 bits per heavy atom. The van der Waals surface area contributed by atoms with Gasteiger partial charge >= 0.3 is 0 Å². The fourth-order valence-electron chi connectivity index (χ4n) is 3.30. The highest BCUT2D eigenvalue weighted by Gasteiger charge is 2.49. The molecule has 0 spiro atoms. The number of hydrogen-bond donors (Lipinski definition) is 1. The topological polar surface area (TPSA) is 46.2 Å². The predicted octanol–water partition coefficient (Wildman–Crippen LogP) is 5.47. The number of thiophene rings is 1. The minimum absolute atomic E-state index is 0.221. The third-order valence-electron chi connectivity index (χ3n) is 4.92. The van der Waals surface area contributed by atoms with E-state index in [0.29, 0.717) is 26.0 Å². The van der Waals surface area contributed by atoms with Crippen molar-refractivity contribution in [2.45, 2.75) is 19.3 Å². The van der Waals surface area contributed by atoms with E-state index in [4.69, 9.17) is 11.6 Å². The summed E-state index contributed by atoms with van der Waals surface area (Å²) in [5.41, 5.74) is 2.58. The van der Waals surface area contributed by atoms with Gasteiger partial charge in [0.1, 0.15) is 14.8 Å². The minimum Gasteiger partial charge on any atom is -0.316 e. The van der Waals surface area contributed by atoms with E-state index in [0.717, 1.165) is 11.1 Å². The summed E-state index contributed by atoms with van der Waals surface area (Å²) < 4.78 is 0.504. The van der Waals surface area contributed by atoms with Gasteiger partial charge in [-0.25, -0.2) is 0 Å². The van der Waals surface area contributed by atoms with E-state index >= 15 is 0 Å². The molecule has 1 N–H and O–H groups in total. The first kappa shape index (κ1) is 17.0. The monoisotopic (exact) mass is 381 g/mol. The molecule has 2 heterocycles. The quantitative estimate of drug-likeness (QED) is 0.598. The number of Topliss-reactive ketones (excluding diaryl/α,β-unsaturated/α-hetero) is 1. The largest absolute Gasteiger partial charge is 0.316 e. The number of fused-ring (bicyclic) bond motifs is 1. The lowest BCUT2D eigenvalue weighted by molar-refractivity contribution is -0.119. The van der Waals surface area contributed by atoms with Crippen molar-refractivity contribution in [3.05, 3.63) is 75.6 Å². The zero-order valence-corrected chi connectivity index (χ0v) is 15.9. The highest BCUT2D eigenvalue weighted by atomic mass is 35.5. The highest BCUT2D eigenvalue weighted by molar-refractivity contribution is 7.21. The van der Waals surface area contributed by atoms with E-state index in [1.54, 1.807) is 6.92 Å². The zero-order chi connectivity index (χ0) is 18.5. The molecule has 1 aromatic heterocycles. The molecule has 2 aromatic carbocycles. The number of nitrogens with one attached hydrogen (secondary N) is 1. The van der Waals surface area contributed by atoms with E-state index in [1.165, 1.54) is 11.3 Å². The normalized spacial score (nSPS) is 19.2. The van der Waals surface area contributed by atoms with Crippen molar-refractivity contribution >= 4 is 39.6 Å². The van der Waals surface area contributed by atoms with Crippen molar-refractivity contribution in [1.29, 1.82) is 0 Å². The first-order valence-electron chi connectivity index (χ1n) is 8.24. The van der Waals surface area contributed by atoms with Gasteiger partial charge in [-0.2, -0.15) is 0 Å². The minimum atomic E-state index is -1.28. The van der Waals surface area contributed by atoms with Gasteiger partial charge < -0.3 is 5.32 Å². The number of halogens is 1. The van der Waals surface area contributed by atoms with Crippen molar-refractivity contribution in [3.63, 3.8) is 0 Å². The molecule has 4 rings (SSSR count). The molecular weight excluding hydrogens is 366 g/mol. The summed E-state index contributed by atoms with van der Waals surface area (Å²) >= 11 is 7.71. The maximum absolute atomic E-state index is 13.5. The Bertz CT molecular complexity index is 1020. The summed E-state index contributed by atoms with van der Waals surface area (Å²) in [6.45, 7) is 3.68. The number of ketones is 1. The molecule has 0 radical (unpaired) electrons. The predicted molar refractivity (Wildman–Crippen MR) is 106 cm³/mol. The maximum atomic E-state index is 13.5. The molecule has 3 nitrogen and oxygen atoms in total. The second-order valence-corrected chi connectivity index (χ2v) is 8.22. The van der Waals surface area contributed by atoms with Gasteiger partial charge in [0.05, 0.1) is 5.56 Å². The van der Waals surface area contributed by atoms with Gasteiger partial charge in [0.2, 0.25) is 5.91 Å². The van der Waals surface area contributed by atoms with Crippen LogP contribution in [0.4, 0.5) is 5.00 Å². The molecule has 0 saturated heterocycles. The number of amides is 1. The van der Waals surface area contributed by atoms with Crippen LogP contribution < -0.4 is 5.32 Å². The Hall–Kier alpha value is -2.43. The van der Waals surface area contributed by atoms with Gasteiger partial charge in [0.15, 0.2) is 5.78 Å². The van der Waals surface area contributed by atoms with E-state index < -0.39 is 5.41 Å². The molecule has 0 fully saturated rings. The number of carbonyl (C=O) groups is 2. The molecule has 26 heavy (non-hydrogen) atoms. The van der Waals surface area contributed by atoms with E-state index in [-0.39, 0.29) is 11.7 Å². The first-order chi connectivity index (χ1) is 12.4. The summed E-state index contributed by atoms with van der Waals surface area (Å²) in [5, 5.41) is 3.42. The fraction of sp³-hybridized carbons (Fsp3) is 0.143. The van der Waals surface area contributed by atoms with Crippen molar-refractivity contribution < 1.29 is 9.59 Å². The molecule has 1 atom stereocenters. The Labute approximate surface area is 160 Å². The number of rotatable bonds is 2. The van der Waals surface area contributed by atoms with Crippen LogP contribution in [0.2, 0.25) is 4.34 Å². The SMILES string of the molecule is Cc1ccc(-c2c(Cl)sc3c2C(=O)C(C)(c2ccccc2)C(=O)N3)cc1. The second-order valence-electron chi connectivity index (χ2n) is 6.60. The van der Waals surface area contributed by atoms with E-state index in [9.17, 15) is 9.59 Å². The summed E-state index contributed by atoms with van der Waals surface area (Å²) in [5.74, 6) is -0.546. The summed E-state index contributed by atoms with van der Waals surface area (Å²) in [7, 11) is 0. The second kappa shape index (κ2) is 6.08. The molecule has 0 aliphatic carbocycles. The van der Waals surface area contributed by atoms with Gasteiger partial charge in [-0.3, -0.25) is 9.59 Å². The van der Waals surface area contributed by atoms with Crippen LogP contribution >= 0.6 is 22.9 Å². The number of benzene rings is 2. The third kappa shape index (κ3) is 2.41. The zero-order valence-electron chi connectivity index (χ0n) is 14.3. The van der Waals surface area contributed by atoms with Crippen molar-refractivity contribution in [3.8, 4) is 11.1 Å². The van der Waals surface area contributed by atoms with Gasteiger partial charge in [0, 0.05) is 5.56 Å². The van der Waals surface area contributed by atoms with E-state index in [2.05, 4.69) is 5.32 Å². The summed E-state index contributed by atoms with van der Waals surface area (Å²) in [6.07, 6.45) is 0. The molecule has 1 aliphatic rings. The van der Waals surface area contributed by atoms with Gasteiger partial charge in [-0.15, -0.1) is 11.3 Å². The number of anilines is 1. The molecule has 1 amide bonds. The fourth-order valence-corrected chi connectivity index (χ4v) is 4.68. The number of carbonyl (C=O) groups excluding carboxylic acids is 2. The van der Waals surface area contributed by atoms with Crippen LogP contribution in [-0.4, -0.2) is 11.7 Å². The summed E-state index contributed by atoms with van der Waals surface area (Å²) in [4.78, 5) is 26.3. The van der Waals surface area contributed by atoms with Crippen LogP contribution in [0.25, 0.3) is 11.1 Å². The highest BCUT2D eigenvalue weighted by Crippen LogP contribution is 2.49. The lowest BCUT2D eigenvalue weighted by Crippen LogP contribution is -2.48. The average Bonchev–Trinajstić information content (AvgIpc) is 2.97. The Morgan fingerprint density at radius 2 is 1.62 bits per heavy atom. The number of aryl methyl sites for hydroxylation is 1. The van der Waals surface area contributed by atoms with Crippen LogP contribution in [-0.2, 0) is 10.2 Å². The lowest BCUT2D eigenvalue weighted by Gasteiger charge is -2.31. The van der Waals surface area contributed by atoms with Crippen LogP contribution in [0.1, 0.15) is 28.4 Å². The van der Waals surface area contributed by atoms with Crippen LogP contribution in [0, 0.1) is 6.92 Å². The third-order valence-corrected chi connectivity index (χ3v) is 6.23. The number of hydrogen-bond acceptors (Lipinski definition) is 3. The van der Waals surface area contributed by atoms with Gasteiger partial charge in [-0.1, -0.05) is 71.8 Å².